The number of nitrogens with zero attached hydrogens (tertiary/aromatic N) is 2. The largest absolute Gasteiger partial charge is 0.348 e. The Morgan fingerprint density at radius 3 is 2.62 bits per heavy atom. The number of nitrogens with one attached hydrogen (secondary N) is 3. The van der Waals surface area contributed by atoms with E-state index in [0.717, 1.165) is 16.2 Å². The predicted molar refractivity (Wildman–Crippen MR) is 120 cm³/mol. The molecule has 2 aliphatic rings. The molecule has 3 N–H and O–H groups in total. The quantitative estimate of drug-likeness (QED) is 0.308. The van der Waals surface area contributed by atoms with Gasteiger partial charge in [0.05, 0.1) is 16.8 Å². The lowest BCUT2D eigenvalue weighted by molar-refractivity contribution is -0.136. The number of piperidine rings is 1. The fourth-order valence-electron chi connectivity index (χ4n) is 3.81. The summed E-state index contributed by atoms with van der Waals surface area (Å²) in [6.45, 7) is 2.01. The van der Waals surface area contributed by atoms with Crippen LogP contribution in [-0.4, -0.2) is 57.9 Å². The molecule has 6 amide bonds. The van der Waals surface area contributed by atoms with Crippen molar-refractivity contribution in [1.29, 1.82) is 0 Å². The lowest BCUT2D eigenvalue weighted by Gasteiger charge is -2.27. The number of hydrogen-bond acceptors (Lipinski definition) is 8. The number of fused-ring (bicyclic) bond motifs is 1. The Morgan fingerprint density at radius 1 is 1.15 bits per heavy atom. The first-order chi connectivity index (χ1) is 16.2. The van der Waals surface area contributed by atoms with Crippen molar-refractivity contribution in [3.63, 3.8) is 0 Å². The highest BCUT2D eigenvalue weighted by Gasteiger charge is 2.44. The van der Waals surface area contributed by atoms with Gasteiger partial charge in [0.1, 0.15) is 6.04 Å². The number of thiazole rings is 1. The Bertz CT molecular complexity index is 1220. The van der Waals surface area contributed by atoms with Gasteiger partial charge in [-0.05, 0) is 43.9 Å². The molecule has 34 heavy (non-hydrogen) atoms. The number of amides is 6. The topological polar surface area (TPSA) is 155 Å². The summed E-state index contributed by atoms with van der Waals surface area (Å²) >= 11 is 1.23. The van der Waals surface area contributed by atoms with Crippen molar-refractivity contribution in [2.45, 2.75) is 38.6 Å². The Morgan fingerprint density at radius 2 is 1.91 bits per heavy atom. The molecule has 1 atom stereocenters. The van der Waals surface area contributed by atoms with Gasteiger partial charge in [0, 0.05) is 18.3 Å². The highest BCUT2D eigenvalue weighted by molar-refractivity contribution is 7.14. The van der Waals surface area contributed by atoms with E-state index in [1.807, 2.05) is 0 Å². The summed E-state index contributed by atoms with van der Waals surface area (Å²) in [5.41, 5.74) is 1.92. The maximum absolute atomic E-state index is 12.9. The summed E-state index contributed by atoms with van der Waals surface area (Å²) in [5.74, 6) is -3.79. The number of rotatable bonds is 6. The number of imide groups is 2. The first-order valence-corrected chi connectivity index (χ1v) is 11.5. The highest BCUT2D eigenvalue weighted by atomic mass is 32.1. The second-order valence-corrected chi connectivity index (χ2v) is 8.79. The molecule has 176 valence electrons. The number of carbonyl (C=O) groups is 6. The van der Waals surface area contributed by atoms with Crippen LogP contribution in [0.5, 0.6) is 0 Å². The van der Waals surface area contributed by atoms with Gasteiger partial charge >= 0.3 is 11.8 Å². The van der Waals surface area contributed by atoms with Crippen molar-refractivity contribution in [3.8, 4) is 0 Å². The third kappa shape index (κ3) is 4.71. The Kier molecular flexibility index (Phi) is 6.50. The van der Waals surface area contributed by atoms with Crippen LogP contribution in [0, 0.1) is 6.92 Å². The van der Waals surface area contributed by atoms with Crippen molar-refractivity contribution in [2.24, 2.45) is 0 Å². The van der Waals surface area contributed by atoms with Gasteiger partial charge in [-0.25, -0.2) is 4.98 Å². The first kappa shape index (κ1) is 23.2. The molecule has 12 heteroatoms. The monoisotopic (exact) mass is 483 g/mol. The molecule has 11 nitrogen and oxygen atoms in total. The van der Waals surface area contributed by atoms with E-state index in [2.05, 4.69) is 20.9 Å². The lowest BCUT2D eigenvalue weighted by Crippen LogP contribution is -2.54. The molecule has 4 rings (SSSR count). The van der Waals surface area contributed by atoms with Crippen molar-refractivity contribution < 1.29 is 28.8 Å². The van der Waals surface area contributed by atoms with Crippen LogP contribution in [0.25, 0.3) is 0 Å². The van der Waals surface area contributed by atoms with Gasteiger partial charge in [-0.15, -0.1) is 11.3 Å². The van der Waals surface area contributed by atoms with Crippen molar-refractivity contribution in [2.75, 3.05) is 11.9 Å². The number of aromatic nitrogens is 1. The van der Waals surface area contributed by atoms with Crippen LogP contribution in [-0.2, 0) is 25.6 Å². The SMILES string of the molecule is Cc1csc(NC(=O)C(=O)NCCCc2ccc3c(c2)C(=O)N(C2CCC(=O)NC2=O)C3=O)n1. The van der Waals surface area contributed by atoms with Crippen LogP contribution in [0.15, 0.2) is 23.6 Å². The molecule has 0 saturated carbocycles. The average molecular weight is 484 g/mol. The van der Waals surface area contributed by atoms with E-state index < -0.39 is 41.5 Å². The van der Waals surface area contributed by atoms with E-state index in [1.165, 1.54) is 11.3 Å². The second-order valence-electron chi connectivity index (χ2n) is 7.93. The minimum atomic E-state index is -1.01. The first-order valence-electron chi connectivity index (χ1n) is 10.6. The fourth-order valence-corrected chi connectivity index (χ4v) is 4.50. The summed E-state index contributed by atoms with van der Waals surface area (Å²) in [6, 6.07) is 3.83. The van der Waals surface area contributed by atoms with Gasteiger partial charge in [-0.1, -0.05) is 6.07 Å². The molecule has 0 aliphatic carbocycles. The third-order valence-electron chi connectivity index (χ3n) is 5.48. The number of aryl methyl sites for hydroxylation is 2. The van der Waals surface area contributed by atoms with Crippen LogP contribution in [0.4, 0.5) is 5.13 Å². The number of carbonyl (C=O) groups excluding carboxylic acids is 6. The highest BCUT2D eigenvalue weighted by Crippen LogP contribution is 2.28. The van der Waals surface area contributed by atoms with E-state index in [-0.39, 0.29) is 30.5 Å². The minimum Gasteiger partial charge on any atom is -0.348 e. The molecular weight excluding hydrogens is 462 g/mol. The van der Waals surface area contributed by atoms with E-state index in [0.29, 0.717) is 18.0 Å². The van der Waals surface area contributed by atoms with Gasteiger partial charge in [-0.3, -0.25) is 44.3 Å². The zero-order chi connectivity index (χ0) is 24.4. The van der Waals surface area contributed by atoms with Gasteiger partial charge in [0.2, 0.25) is 11.8 Å². The van der Waals surface area contributed by atoms with Crippen LogP contribution in [0.2, 0.25) is 0 Å². The Balaban J connectivity index is 1.31. The number of benzene rings is 1. The molecule has 1 aromatic heterocycles. The molecule has 0 spiro atoms. The predicted octanol–water partition coefficient (Wildman–Crippen LogP) is 0.540. The standard InChI is InChI=1S/C22H21N5O6S/c1-11-10-34-22(24-11)26-19(31)18(30)23-8-2-3-12-4-5-13-14(9-12)21(33)27(20(13)32)15-6-7-16(28)25-17(15)29/h4-5,9-10,15H,2-3,6-8H2,1H3,(H,23,30)(H,24,26,31)(H,25,28,29). The van der Waals surface area contributed by atoms with Gasteiger partial charge < -0.3 is 5.32 Å². The van der Waals surface area contributed by atoms with Crippen LogP contribution >= 0.6 is 11.3 Å². The molecule has 3 heterocycles. The van der Waals surface area contributed by atoms with Crippen molar-refractivity contribution >= 4 is 51.9 Å². The maximum atomic E-state index is 12.9. The summed E-state index contributed by atoms with van der Waals surface area (Å²) < 4.78 is 0. The molecule has 1 fully saturated rings. The molecule has 1 aromatic carbocycles. The number of hydrogen-bond donors (Lipinski definition) is 3. The van der Waals surface area contributed by atoms with Gasteiger partial charge in [0.25, 0.3) is 11.8 Å². The Hall–Kier alpha value is -3.93. The van der Waals surface area contributed by atoms with E-state index in [4.69, 9.17) is 0 Å². The summed E-state index contributed by atoms with van der Waals surface area (Å²) in [5, 5.41) is 9.23. The van der Waals surface area contributed by atoms with E-state index in [1.54, 1.807) is 30.5 Å². The minimum absolute atomic E-state index is 0.0578. The van der Waals surface area contributed by atoms with Gasteiger partial charge in [-0.2, -0.15) is 0 Å². The normalized spacial score (nSPS) is 17.4. The number of anilines is 1. The molecule has 2 aliphatic heterocycles. The van der Waals surface area contributed by atoms with E-state index in [9.17, 15) is 28.8 Å². The molecule has 1 unspecified atom stereocenters. The zero-order valence-electron chi connectivity index (χ0n) is 18.2. The summed E-state index contributed by atoms with van der Waals surface area (Å²) in [4.78, 5) is 77.9. The van der Waals surface area contributed by atoms with Crippen LogP contribution < -0.4 is 16.0 Å². The third-order valence-corrected chi connectivity index (χ3v) is 6.35. The van der Waals surface area contributed by atoms with Crippen LogP contribution in [0.3, 0.4) is 0 Å². The van der Waals surface area contributed by atoms with Crippen molar-refractivity contribution in [1.82, 2.24) is 20.5 Å². The average Bonchev–Trinajstić information content (AvgIpc) is 3.31. The molecule has 1 saturated heterocycles. The smallest absolute Gasteiger partial charge is 0.315 e. The Labute approximate surface area is 197 Å². The summed E-state index contributed by atoms with van der Waals surface area (Å²) in [6.07, 6.45) is 1.13. The van der Waals surface area contributed by atoms with Crippen molar-refractivity contribution in [3.05, 3.63) is 46.0 Å². The van der Waals surface area contributed by atoms with E-state index >= 15 is 0 Å². The molecule has 2 aromatic rings. The fraction of sp³-hybridized carbons (Fsp3) is 0.318. The summed E-state index contributed by atoms with van der Waals surface area (Å²) in [7, 11) is 0. The van der Waals surface area contributed by atoms with Gasteiger partial charge in [0.15, 0.2) is 5.13 Å². The maximum Gasteiger partial charge on any atom is 0.315 e. The van der Waals surface area contributed by atoms with Crippen LogP contribution in [0.1, 0.15) is 51.2 Å². The molecule has 0 bridgehead atoms. The lowest BCUT2D eigenvalue weighted by atomic mass is 10.0. The molecule has 0 radical (unpaired) electrons. The zero-order valence-corrected chi connectivity index (χ0v) is 19.0. The molecular formula is C22H21N5O6S. The second kappa shape index (κ2) is 9.51.